The minimum atomic E-state index is -0.932. The molecular weight excluding hydrogens is 396 g/mol. The number of nitrogens with zero attached hydrogens (tertiary/aromatic N) is 1. The molecule has 0 radical (unpaired) electrons. The fourth-order valence-electron chi connectivity index (χ4n) is 5.07. The van der Waals surface area contributed by atoms with Gasteiger partial charge in [-0.25, -0.2) is 0 Å². The van der Waals surface area contributed by atoms with Crippen LogP contribution < -0.4 is 5.43 Å². The van der Waals surface area contributed by atoms with E-state index in [1.807, 2.05) is 50.2 Å². The SMILES string of the molecule is CCC[C@@H](C1CCCCC1)N(NC(O)c1ccc(CC)cc1)C(=O)c1cc(C)cc(C)c1. The summed E-state index contributed by atoms with van der Waals surface area (Å²) in [5.41, 5.74) is 8.07. The number of hydrogen-bond acceptors (Lipinski definition) is 3. The lowest BCUT2D eigenvalue weighted by atomic mass is 9.81. The third kappa shape index (κ3) is 6.20. The van der Waals surface area contributed by atoms with Crippen LogP contribution in [0.4, 0.5) is 0 Å². The molecule has 32 heavy (non-hydrogen) atoms. The molecule has 1 aliphatic carbocycles. The Kier molecular flexibility index (Phi) is 8.89. The first-order valence-electron chi connectivity index (χ1n) is 12.4. The molecule has 0 aromatic heterocycles. The number of hydrazine groups is 1. The highest BCUT2D eigenvalue weighted by molar-refractivity contribution is 5.94. The van der Waals surface area contributed by atoms with Crippen LogP contribution in [-0.2, 0) is 6.42 Å². The summed E-state index contributed by atoms with van der Waals surface area (Å²) >= 11 is 0. The highest BCUT2D eigenvalue weighted by Crippen LogP contribution is 2.32. The van der Waals surface area contributed by atoms with Crippen LogP contribution in [0.25, 0.3) is 0 Å². The van der Waals surface area contributed by atoms with Gasteiger partial charge in [0.25, 0.3) is 5.91 Å². The van der Waals surface area contributed by atoms with E-state index in [1.54, 1.807) is 5.01 Å². The second-order valence-corrected chi connectivity index (χ2v) is 9.43. The van der Waals surface area contributed by atoms with E-state index in [1.165, 1.54) is 24.8 Å². The monoisotopic (exact) mass is 436 g/mol. The van der Waals surface area contributed by atoms with Crippen molar-refractivity contribution in [1.29, 1.82) is 0 Å². The second kappa shape index (κ2) is 11.6. The molecule has 0 saturated heterocycles. The summed E-state index contributed by atoms with van der Waals surface area (Å²) in [5, 5.41) is 12.8. The number of aryl methyl sites for hydroxylation is 3. The van der Waals surface area contributed by atoms with E-state index >= 15 is 0 Å². The van der Waals surface area contributed by atoms with Crippen LogP contribution >= 0.6 is 0 Å². The van der Waals surface area contributed by atoms with E-state index in [0.29, 0.717) is 11.5 Å². The molecule has 174 valence electrons. The van der Waals surface area contributed by atoms with Crippen molar-refractivity contribution in [1.82, 2.24) is 10.4 Å². The zero-order chi connectivity index (χ0) is 23.1. The number of amides is 1. The van der Waals surface area contributed by atoms with E-state index in [0.717, 1.165) is 48.8 Å². The molecule has 2 N–H and O–H groups in total. The van der Waals surface area contributed by atoms with Gasteiger partial charge in [0.2, 0.25) is 0 Å². The maximum atomic E-state index is 13.8. The van der Waals surface area contributed by atoms with E-state index in [2.05, 4.69) is 25.3 Å². The Balaban J connectivity index is 1.93. The third-order valence-corrected chi connectivity index (χ3v) is 6.76. The first kappa shape index (κ1) is 24.5. The molecule has 1 saturated carbocycles. The van der Waals surface area contributed by atoms with Crippen molar-refractivity contribution in [2.45, 2.75) is 91.3 Å². The summed E-state index contributed by atoms with van der Waals surface area (Å²) in [7, 11) is 0. The Hall–Kier alpha value is -2.17. The second-order valence-electron chi connectivity index (χ2n) is 9.43. The molecule has 2 aromatic rings. The zero-order valence-corrected chi connectivity index (χ0v) is 20.2. The molecule has 4 heteroatoms. The zero-order valence-electron chi connectivity index (χ0n) is 20.2. The minimum Gasteiger partial charge on any atom is -0.373 e. The van der Waals surface area contributed by atoms with Crippen molar-refractivity contribution in [2.75, 3.05) is 0 Å². The Labute approximate surface area is 194 Å². The molecule has 1 fully saturated rings. The lowest BCUT2D eigenvalue weighted by Crippen LogP contribution is -2.53. The molecule has 4 nitrogen and oxygen atoms in total. The number of carbonyl (C=O) groups is 1. The summed E-state index contributed by atoms with van der Waals surface area (Å²) in [4.78, 5) is 13.8. The van der Waals surface area contributed by atoms with Gasteiger partial charge in [0.05, 0.1) is 6.04 Å². The highest BCUT2D eigenvalue weighted by Gasteiger charge is 2.33. The van der Waals surface area contributed by atoms with Crippen molar-refractivity contribution in [3.63, 3.8) is 0 Å². The molecule has 1 aliphatic rings. The standard InChI is InChI=1S/C28H40N2O2/c1-5-10-26(23-11-8-7-9-12-23)30(28(32)25-18-20(3)17-21(4)19-25)29-27(31)24-15-13-22(6-2)14-16-24/h13-19,23,26-27,29,31H,5-12H2,1-4H3/t26-,27?/m0/s1. The van der Waals surface area contributed by atoms with Crippen LogP contribution in [0.2, 0.25) is 0 Å². The molecule has 2 aromatic carbocycles. The lowest BCUT2D eigenvalue weighted by molar-refractivity contribution is -0.00862. The molecule has 0 bridgehead atoms. The van der Waals surface area contributed by atoms with Crippen LogP contribution in [0, 0.1) is 19.8 Å². The van der Waals surface area contributed by atoms with Crippen molar-refractivity contribution in [2.24, 2.45) is 5.92 Å². The first-order valence-corrected chi connectivity index (χ1v) is 12.4. The smallest absolute Gasteiger partial charge is 0.268 e. The number of benzene rings is 2. The summed E-state index contributed by atoms with van der Waals surface area (Å²) in [5.74, 6) is 0.408. The van der Waals surface area contributed by atoms with Gasteiger partial charge < -0.3 is 5.11 Å². The average Bonchev–Trinajstić information content (AvgIpc) is 2.80. The molecule has 0 aliphatic heterocycles. The van der Waals surface area contributed by atoms with Crippen LogP contribution in [0.1, 0.15) is 97.6 Å². The van der Waals surface area contributed by atoms with Crippen molar-refractivity contribution in [3.8, 4) is 0 Å². The molecule has 2 atom stereocenters. The van der Waals surface area contributed by atoms with Crippen LogP contribution in [0.5, 0.6) is 0 Å². The number of aliphatic hydroxyl groups excluding tert-OH is 1. The first-order chi connectivity index (χ1) is 15.4. The Bertz CT molecular complexity index is 851. The van der Waals surface area contributed by atoms with E-state index in [4.69, 9.17) is 0 Å². The van der Waals surface area contributed by atoms with Crippen LogP contribution in [-0.4, -0.2) is 22.1 Å². The molecular formula is C28H40N2O2. The number of carbonyl (C=O) groups excluding carboxylic acids is 1. The van der Waals surface area contributed by atoms with Crippen molar-refractivity contribution < 1.29 is 9.90 Å². The summed E-state index contributed by atoms with van der Waals surface area (Å²) in [6, 6.07) is 14.0. The van der Waals surface area contributed by atoms with Gasteiger partial charge >= 0.3 is 0 Å². The molecule has 3 rings (SSSR count). The van der Waals surface area contributed by atoms with Gasteiger partial charge in [-0.3, -0.25) is 9.80 Å². The predicted octanol–water partition coefficient (Wildman–Crippen LogP) is 6.25. The van der Waals surface area contributed by atoms with Crippen molar-refractivity contribution in [3.05, 3.63) is 70.3 Å². The molecule has 1 unspecified atom stereocenters. The van der Waals surface area contributed by atoms with E-state index < -0.39 is 6.23 Å². The topological polar surface area (TPSA) is 52.6 Å². The Morgan fingerprint density at radius 1 is 1.03 bits per heavy atom. The number of aliphatic hydroxyl groups is 1. The largest absolute Gasteiger partial charge is 0.373 e. The summed E-state index contributed by atoms with van der Waals surface area (Å²) < 4.78 is 0. The van der Waals surface area contributed by atoms with Gasteiger partial charge in [-0.2, -0.15) is 5.43 Å². The quantitative estimate of drug-likeness (QED) is 0.361. The summed E-state index contributed by atoms with van der Waals surface area (Å²) in [6.07, 6.45) is 7.96. The summed E-state index contributed by atoms with van der Waals surface area (Å²) in [6.45, 7) is 8.34. The van der Waals surface area contributed by atoms with E-state index in [-0.39, 0.29) is 11.9 Å². The number of hydrogen-bond donors (Lipinski definition) is 2. The van der Waals surface area contributed by atoms with Gasteiger partial charge in [-0.15, -0.1) is 0 Å². The number of rotatable bonds is 9. The predicted molar refractivity (Wildman–Crippen MR) is 131 cm³/mol. The molecule has 0 heterocycles. The fourth-order valence-corrected chi connectivity index (χ4v) is 5.07. The van der Waals surface area contributed by atoms with Gasteiger partial charge in [-0.1, -0.05) is 81.0 Å². The van der Waals surface area contributed by atoms with Gasteiger partial charge in [0.15, 0.2) is 0 Å². The fraction of sp³-hybridized carbons (Fsp3) is 0.536. The van der Waals surface area contributed by atoms with E-state index in [9.17, 15) is 9.90 Å². The highest BCUT2D eigenvalue weighted by atomic mass is 16.3. The average molecular weight is 437 g/mol. The molecule has 0 spiro atoms. The Morgan fingerprint density at radius 2 is 1.66 bits per heavy atom. The Morgan fingerprint density at radius 3 is 2.22 bits per heavy atom. The molecule has 1 amide bonds. The van der Waals surface area contributed by atoms with Gasteiger partial charge in [0.1, 0.15) is 6.23 Å². The number of nitrogens with one attached hydrogen (secondary N) is 1. The third-order valence-electron chi connectivity index (χ3n) is 6.76. The normalized spacial score (nSPS) is 16.5. The van der Waals surface area contributed by atoms with Gasteiger partial charge in [-0.05, 0) is 68.7 Å². The lowest BCUT2D eigenvalue weighted by Gasteiger charge is -2.40. The maximum absolute atomic E-state index is 13.8. The maximum Gasteiger partial charge on any atom is 0.268 e. The van der Waals surface area contributed by atoms with Crippen molar-refractivity contribution >= 4 is 5.91 Å². The van der Waals surface area contributed by atoms with Crippen LogP contribution in [0.15, 0.2) is 42.5 Å². The van der Waals surface area contributed by atoms with Crippen LogP contribution in [0.3, 0.4) is 0 Å². The minimum absolute atomic E-state index is 0.0509. The van der Waals surface area contributed by atoms with Gasteiger partial charge in [0, 0.05) is 5.56 Å².